The summed E-state index contributed by atoms with van der Waals surface area (Å²) in [5.74, 6) is 1.61. The van der Waals surface area contributed by atoms with Crippen LogP contribution in [0.1, 0.15) is 11.1 Å². The first kappa shape index (κ1) is 19.9. The number of ether oxygens (including phenoxy) is 2. The maximum absolute atomic E-state index is 10.5. The van der Waals surface area contributed by atoms with Gasteiger partial charge in [0.2, 0.25) is 0 Å². The van der Waals surface area contributed by atoms with Gasteiger partial charge in [-0.1, -0.05) is 60.7 Å². The van der Waals surface area contributed by atoms with E-state index in [4.69, 9.17) is 9.47 Å². The lowest BCUT2D eigenvalue weighted by Crippen LogP contribution is -2.35. The molecule has 0 aromatic heterocycles. The zero-order valence-corrected chi connectivity index (χ0v) is 16.2. The molecule has 0 spiro atoms. The number of methoxy groups -OCH3 is 1. The van der Waals surface area contributed by atoms with Crippen molar-refractivity contribution in [2.75, 3.05) is 20.3 Å². The van der Waals surface area contributed by atoms with Crippen LogP contribution in [0, 0.1) is 0 Å². The number of nitrogens with zero attached hydrogens (tertiary/aromatic N) is 1. The number of para-hydroxylation sites is 1. The number of aliphatic hydroxyl groups is 1. The van der Waals surface area contributed by atoms with E-state index in [1.807, 2.05) is 66.7 Å². The van der Waals surface area contributed by atoms with Crippen LogP contribution in [0.4, 0.5) is 0 Å². The second-order valence-corrected chi connectivity index (χ2v) is 6.78. The van der Waals surface area contributed by atoms with Gasteiger partial charge in [0.25, 0.3) is 0 Å². The summed E-state index contributed by atoms with van der Waals surface area (Å²) < 4.78 is 11.0. The van der Waals surface area contributed by atoms with E-state index in [1.165, 1.54) is 5.56 Å². The number of hydrogen-bond donors (Lipinski definition) is 1. The number of aliphatic hydroxyl groups excluding tert-OH is 1. The van der Waals surface area contributed by atoms with E-state index in [-0.39, 0.29) is 6.61 Å². The molecule has 0 aliphatic carbocycles. The van der Waals surface area contributed by atoms with Crippen molar-refractivity contribution in [3.05, 3.63) is 96.1 Å². The quantitative estimate of drug-likeness (QED) is 0.577. The smallest absolute Gasteiger partial charge is 0.119 e. The third-order valence-electron chi connectivity index (χ3n) is 4.44. The molecule has 0 aliphatic rings. The molecule has 3 rings (SSSR count). The molecule has 1 atom stereocenters. The first-order valence-electron chi connectivity index (χ1n) is 9.48. The largest absolute Gasteiger partial charge is 0.497 e. The van der Waals surface area contributed by atoms with Crippen LogP contribution in [0.5, 0.6) is 11.5 Å². The molecule has 0 radical (unpaired) electrons. The van der Waals surface area contributed by atoms with E-state index < -0.39 is 6.10 Å². The van der Waals surface area contributed by atoms with E-state index in [0.29, 0.717) is 13.1 Å². The molecule has 3 aromatic rings. The average molecular weight is 377 g/mol. The van der Waals surface area contributed by atoms with Crippen LogP contribution in [-0.4, -0.2) is 36.4 Å². The van der Waals surface area contributed by atoms with Gasteiger partial charge in [0, 0.05) is 19.6 Å². The van der Waals surface area contributed by atoms with E-state index in [9.17, 15) is 5.11 Å². The third kappa shape index (κ3) is 6.41. The van der Waals surface area contributed by atoms with Crippen molar-refractivity contribution in [3.8, 4) is 11.5 Å². The van der Waals surface area contributed by atoms with Crippen LogP contribution in [0.3, 0.4) is 0 Å². The van der Waals surface area contributed by atoms with Crippen molar-refractivity contribution in [3.63, 3.8) is 0 Å². The van der Waals surface area contributed by atoms with E-state index in [1.54, 1.807) is 7.11 Å². The molecule has 0 saturated carbocycles. The second-order valence-electron chi connectivity index (χ2n) is 6.78. The van der Waals surface area contributed by atoms with E-state index in [0.717, 1.165) is 23.6 Å². The molecule has 28 heavy (non-hydrogen) atoms. The Morgan fingerprint density at radius 3 is 2.11 bits per heavy atom. The summed E-state index contributed by atoms with van der Waals surface area (Å²) in [6, 6.07) is 27.9. The molecule has 1 unspecified atom stereocenters. The minimum atomic E-state index is -0.588. The zero-order chi connectivity index (χ0) is 19.6. The fourth-order valence-electron chi connectivity index (χ4n) is 3.12. The summed E-state index contributed by atoms with van der Waals surface area (Å²) in [5.41, 5.74) is 2.35. The van der Waals surface area contributed by atoms with Gasteiger partial charge in [0.1, 0.15) is 24.2 Å². The van der Waals surface area contributed by atoms with Gasteiger partial charge in [-0.25, -0.2) is 0 Å². The summed E-state index contributed by atoms with van der Waals surface area (Å²) in [5, 5.41) is 10.5. The molecule has 3 aromatic carbocycles. The summed E-state index contributed by atoms with van der Waals surface area (Å²) in [6.07, 6.45) is -0.588. The van der Waals surface area contributed by atoms with Gasteiger partial charge < -0.3 is 14.6 Å². The van der Waals surface area contributed by atoms with Gasteiger partial charge in [-0.2, -0.15) is 0 Å². The third-order valence-corrected chi connectivity index (χ3v) is 4.44. The number of benzene rings is 3. The van der Waals surface area contributed by atoms with Crippen LogP contribution < -0.4 is 9.47 Å². The van der Waals surface area contributed by atoms with Crippen molar-refractivity contribution in [1.29, 1.82) is 0 Å². The summed E-state index contributed by atoms with van der Waals surface area (Å²) in [6.45, 7) is 2.24. The van der Waals surface area contributed by atoms with Gasteiger partial charge in [0.05, 0.1) is 7.11 Å². The van der Waals surface area contributed by atoms with E-state index in [2.05, 4.69) is 23.1 Å². The SMILES string of the molecule is COc1cccc(CN(Cc2ccccc2)CC(O)COc2ccccc2)c1. The highest BCUT2D eigenvalue weighted by molar-refractivity contribution is 5.28. The normalized spacial score (nSPS) is 12.0. The highest BCUT2D eigenvalue weighted by Gasteiger charge is 2.14. The monoisotopic (exact) mass is 377 g/mol. The Kier molecular flexibility index (Phi) is 7.47. The average Bonchev–Trinajstić information content (AvgIpc) is 2.74. The van der Waals surface area contributed by atoms with Gasteiger partial charge in [-0.05, 0) is 35.4 Å². The molecular formula is C24H27NO3. The Labute approximate surface area is 167 Å². The van der Waals surface area contributed by atoms with Crippen molar-refractivity contribution in [2.24, 2.45) is 0 Å². The lowest BCUT2D eigenvalue weighted by molar-refractivity contribution is 0.0628. The van der Waals surface area contributed by atoms with Gasteiger partial charge >= 0.3 is 0 Å². The van der Waals surface area contributed by atoms with Crippen molar-refractivity contribution >= 4 is 0 Å². The Hall–Kier alpha value is -2.82. The standard InChI is InChI=1S/C24H27NO3/c1-27-24-14-8-11-21(15-24)17-25(16-20-9-4-2-5-10-20)18-22(26)19-28-23-12-6-3-7-13-23/h2-15,22,26H,16-19H2,1H3. The maximum atomic E-state index is 10.5. The Morgan fingerprint density at radius 2 is 1.39 bits per heavy atom. The number of rotatable bonds is 10. The van der Waals surface area contributed by atoms with Crippen LogP contribution in [0.25, 0.3) is 0 Å². The van der Waals surface area contributed by atoms with Crippen LogP contribution >= 0.6 is 0 Å². The lowest BCUT2D eigenvalue weighted by Gasteiger charge is -2.25. The molecular weight excluding hydrogens is 350 g/mol. The molecule has 4 heteroatoms. The number of hydrogen-bond acceptors (Lipinski definition) is 4. The van der Waals surface area contributed by atoms with Gasteiger partial charge in [0.15, 0.2) is 0 Å². The van der Waals surface area contributed by atoms with Crippen molar-refractivity contribution < 1.29 is 14.6 Å². The minimum absolute atomic E-state index is 0.257. The first-order valence-corrected chi connectivity index (χ1v) is 9.48. The molecule has 1 N–H and O–H groups in total. The predicted octanol–water partition coefficient (Wildman–Crippen LogP) is 4.14. The predicted molar refractivity (Wildman–Crippen MR) is 111 cm³/mol. The summed E-state index contributed by atoms with van der Waals surface area (Å²) >= 11 is 0. The topological polar surface area (TPSA) is 41.9 Å². The maximum Gasteiger partial charge on any atom is 0.119 e. The van der Waals surface area contributed by atoms with Crippen LogP contribution in [0.15, 0.2) is 84.9 Å². The highest BCUT2D eigenvalue weighted by Crippen LogP contribution is 2.17. The molecule has 0 fully saturated rings. The highest BCUT2D eigenvalue weighted by atomic mass is 16.5. The van der Waals surface area contributed by atoms with Crippen molar-refractivity contribution in [2.45, 2.75) is 19.2 Å². The Morgan fingerprint density at radius 1 is 0.786 bits per heavy atom. The minimum Gasteiger partial charge on any atom is -0.497 e. The van der Waals surface area contributed by atoms with E-state index >= 15 is 0 Å². The molecule has 146 valence electrons. The second kappa shape index (κ2) is 10.5. The van der Waals surface area contributed by atoms with Gasteiger partial charge in [-0.15, -0.1) is 0 Å². The van der Waals surface area contributed by atoms with Crippen LogP contribution in [-0.2, 0) is 13.1 Å². The molecule has 0 heterocycles. The fraction of sp³-hybridized carbons (Fsp3) is 0.250. The molecule has 0 aliphatic heterocycles. The first-order chi connectivity index (χ1) is 13.7. The molecule has 0 bridgehead atoms. The van der Waals surface area contributed by atoms with Crippen molar-refractivity contribution in [1.82, 2.24) is 4.90 Å². The van der Waals surface area contributed by atoms with Crippen LogP contribution in [0.2, 0.25) is 0 Å². The molecule has 4 nitrogen and oxygen atoms in total. The zero-order valence-electron chi connectivity index (χ0n) is 16.2. The Balaban J connectivity index is 1.64. The van der Waals surface area contributed by atoms with Gasteiger partial charge in [-0.3, -0.25) is 4.90 Å². The molecule has 0 amide bonds. The lowest BCUT2D eigenvalue weighted by atomic mass is 10.1. The summed E-state index contributed by atoms with van der Waals surface area (Å²) in [7, 11) is 1.67. The molecule has 0 saturated heterocycles. The summed E-state index contributed by atoms with van der Waals surface area (Å²) in [4.78, 5) is 2.23. The Bertz CT molecular complexity index is 824. The fourth-order valence-corrected chi connectivity index (χ4v) is 3.12.